The zero-order chi connectivity index (χ0) is 19.5. The van der Waals surface area contributed by atoms with Crippen LogP contribution in [0.4, 0.5) is 4.79 Å². The van der Waals surface area contributed by atoms with Gasteiger partial charge in [-0.1, -0.05) is 44.2 Å². The number of rotatable bonds is 5. The third-order valence-electron chi connectivity index (χ3n) is 4.26. The number of amides is 1. The standard InChI is InChI=1S/C21H33NO4/c1-14(2)17(22-19(23)26-20(3,4)5)18-16(24-21(6,7)25-18)13-15-11-9-8-10-12-15/h8-12,14,16-18H,13H2,1-7H3,(H,22,23)/t16-,17+,18+/m0/s1. The Morgan fingerprint density at radius 2 is 1.81 bits per heavy atom. The van der Waals surface area contributed by atoms with Crippen LogP contribution in [-0.4, -0.2) is 35.7 Å². The summed E-state index contributed by atoms with van der Waals surface area (Å²) in [6.07, 6.45) is -0.0934. The number of carbonyl (C=O) groups excluding carboxylic acids is 1. The van der Waals surface area contributed by atoms with Gasteiger partial charge in [0.1, 0.15) is 11.7 Å². The largest absolute Gasteiger partial charge is 0.444 e. The van der Waals surface area contributed by atoms with E-state index in [4.69, 9.17) is 14.2 Å². The third-order valence-corrected chi connectivity index (χ3v) is 4.26. The molecule has 1 saturated heterocycles. The number of benzene rings is 1. The molecule has 0 unspecified atom stereocenters. The molecule has 26 heavy (non-hydrogen) atoms. The van der Waals surface area contributed by atoms with Gasteiger partial charge in [0.15, 0.2) is 5.79 Å². The SMILES string of the molecule is CC(C)[C@@H](NC(=O)OC(C)(C)C)[C@@H]1OC(C)(C)O[C@H]1Cc1ccccc1. The highest BCUT2D eigenvalue weighted by Crippen LogP contribution is 2.33. The Balaban J connectivity index is 2.16. The summed E-state index contributed by atoms with van der Waals surface area (Å²) in [4.78, 5) is 12.3. The molecule has 3 atom stereocenters. The van der Waals surface area contributed by atoms with Gasteiger partial charge in [-0.15, -0.1) is 0 Å². The molecule has 1 aromatic rings. The van der Waals surface area contributed by atoms with Crippen LogP contribution in [0.3, 0.4) is 0 Å². The van der Waals surface area contributed by atoms with Crippen LogP contribution >= 0.6 is 0 Å². The molecule has 1 N–H and O–H groups in total. The van der Waals surface area contributed by atoms with Gasteiger partial charge < -0.3 is 19.5 Å². The second kappa shape index (κ2) is 7.97. The van der Waals surface area contributed by atoms with Crippen molar-refractivity contribution in [1.82, 2.24) is 5.32 Å². The van der Waals surface area contributed by atoms with Crippen LogP contribution < -0.4 is 5.32 Å². The van der Waals surface area contributed by atoms with Gasteiger partial charge in [0.05, 0.1) is 12.1 Å². The first kappa shape index (κ1) is 20.7. The molecule has 0 bridgehead atoms. The van der Waals surface area contributed by atoms with Crippen molar-refractivity contribution in [3.63, 3.8) is 0 Å². The number of alkyl carbamates (subject to hydrolysis) is 1. The van der Waals surface area contributed by atoms with Crippen molar-refractivity contribution < 1.29 is 19.0 Å². The molecule has 0 aliphatic carbocycles. The van der Waals surface area contributed by atoms with Gasteiger partial charge in [0.25, 0.3) is 0 Å². The maximum atomic E-state index is 12.3. The molecule has 0 aromatic heterocycles. The smallest absolute Gasteiger partial charge is 0.407 e. The van der Waals surface area contributed by atoms with Crippen LogP contribution in [0.25, 0.3) is 0 Å². The summed E-state index contributed by atoms with van der Waals surface area (Å²) >= 11 is 0. The van der Waals surface area contributed by atoms with E-state index in [2.05, 4.69) is 31.3 Å². The van der Waals surface area contributed by atoms with E-state index in [-0.39, 0.29) is 24.2 Å². The van der Waals surface area contributed by atoms with Crippen molar-refractivity contribution in [3.05, 3.63) is 35.9 Å². The molecule has 0 radical (unpaired) electrons. The summed E-state index contributed by atoms with van der Waals surface area (Å²) in [5, 5.41) is 3.00. The predicted molar refractivity (Wildman–Crippen MR) is 102 cm³/mol. The molecule has 0 spiro atoms. The van der Waals surface area contributed by atoms with Gasteiger partial charge in [-0.2, -0.15) is 0 Å². The summed E-state index contributed by atoms with van der Waals surface area (Å²) in [6.45, 7) is 13.5. The first-order valence-electron chi connectivity index (χ1n) is 9.36. The topological polar surface area (TPSA) is 56.8 Å². The summed E-state index contributed by atoms with van der Waals surface area (Å²) in [7, 11) is 0. The van der Waals surface area contributed by atoms with E-state index < -0.39 is 17.5 Å². The van der Waals surface area contributed by atoms with E-state index >= 15 is 0 Å². The highest BCUT2D eigenvalue weighted by atomic mass is 16.8. The minimum atomic E-state index is -0.688. The third kappa shape index (κ3) is 5.99. The van der Waals surface area contributed by atoms with Crippen molar-refractivity contribution in [1.29, 1.82) is 0 Å². The van der Waals surface area contributed by atoms with E-state index in [9.17, 15) is 4.79 Å². The highest BCUT2D eigenvalue weighted by molar-refractivity contribution is 5.68. The molecular formula is C21H33NO4. The zero-order valence-corrected chi connectivity index (χ0v) is 17.0. The van der Waals surface area contributed by atoms with Crippen molar-refractivity contribution in [3.8, 4) is 0 Å². The lowest BCUT2D eigenvalue weighted by Crippen LogP contribution is -2.52. The fourth-order valence-corrected chi connectivity index (χ4v) is 3.24. The lowest BCUT2D eigenvalue weighted by Gasteiger charge is -2.31. The normalized spacial score (nSPS) is 23.7. The predicted octanol–water partition coefficient (Wildman–Crippen LogP) is 4.30. The van der Waals surface area contributed by atoms with E-state index in [1.54, 1.807) is 0 Å². The molecule has 1 aliphatic rings. The molecule has 5 heteroatoms. The van der Waals surface area contributed by atoms with Gasteiger partial charge in [0, 0.05) is 6.42 Å². The van der Waals surface area contributed by atoms with E-state index in [0.717, 1.165) is 6.42 Å². The van der Waals surface area contributed by atoms with Crippen molar-refractivity contribution >= 4 is 6.09 Å². The molecule has 1 fully saturated rings. The Kier molecular flexibility index (Phi) is 6.35. The van der Waals surface area contributed by atoms with Gasteiger partial charge >= 0.3 is 6.09 Å². The summed E-state index contributed by atoms with van der Waals surface area (Å²) in [5.74, 6) is -0.518. The fourth-order valence-electron chi connectivity index (χ4n) is 3.24. The number of carbonyl (C=O) groups is 1. The average Bonchev–Trinajstić information content (AvgIpc) is 2.78. The highest BCUT2D eigenvalue weighted by Gasteiger charge is 2.46. The van der Waals surface area contributed by atoms with Gasteiger partial charge in [0.2, 0.25) is 0 Å². The Morgan fingerprint density at radius 1 is 1.19 bits per heavy atom. The summed E-state index contributed by atoms with van der Waals surface area (Å²) in [6, 6.07) is 9.99. The quantitative estimate of drug-likeness (QED) is 0.847. The molecular weight excluding hydrogens is 330 g/mol. The minimum absolute atomic E-state index is 0.144. The van der Waals surface area contributed by atoms with Crippen LogP contribution in [0.2, 0.25) is 0 Å². The number of ether oxygens (including phenoxy) is 3. The van der Waals surface area contributed by atoms with Crippen LogP contribution in [0, 0.1) is 5.92 Å². The number of nitrogens with one attached hydrogen (secondary N) is 1. The van der Waals surface area contributed by atoms with Crippen LogP contribution in [0.1, 0.15) is 54.0 Å². The number of hydrogen-bond acceptors (Lipinski definition) is 4. The van der Waals surface area contributed by atoms with Gasteiger partial charge in [-0.05, 0) is 46.1 Å². The monoisotopic (exact) mass is 363 g/mol. The summed E-state index contributed by atoms with van der Waals surface area (Å²) < 4.78 is 17.8. The maximum Gasteiger partial charge on any atom is 0.407 e. The maximum absolute atomic E-state index is 12.3. The Morgan fingerprint density at radius 3 is 2.35 bits per heavy atom. The first-order valence-corrected chi connectivity index (χ1v) is 9.36. The van der Waals surface area contributed by atoms with Crippen molar-refractivity contribution in [2.75, 3.05) is 0 Å². The van der Waals surface area contributed by atoms with E-state index in [1.165, 1.54) is 5.56 Å². The fraction of sp³-hybridized carbons (Fsp3) is 0.667. The molecule has 1 heterocycles. The Labute approximate surface area is 157 Å². The first-order chi connectivity index (χ1) is 12.0. The van der Waals surface area contributed by atoms with Crippen LogP contribution in [0.5, 0.6) is 0 Å². The second-order valence-corrected chi connectivity index (χ2v) is 8.74. The molecule has 146 valence electrons. The van der Waals surface area contributed by atoms with E-state index in [0.29, 0.717) is 0 Å². The van der Waals surface area contributed by atoms with Crippen molar-refractivity contribution in [2.45, 2.75) is 84.5 Å². The van der Waals surface area contributed by atoms with Gasteiger partial charge in [-0.3, -0.25) is 0 Å². The number of hydrogen-bond donors (Lipinski definition) is 1. The summed E-state index contributed by atoms with van der Waals surface area (Å²) in [5.41, 5.74) is 0.644. The average molecular weight is 363 g/mol. The van der Waals surface area contributed by atoms with Crippen molar-refractivity contribution in [2.24, 2.45) is 5.92 Å². The minimum Gasteiger partial charge on any atom is -0.444 e. The van der Waals surface area contributed by atoms with E-state index in [1.807, 2.05) is 52.8 Å². The molecule has 1 aromatic carbocycles. The molecule has 1 amide bonds. The Hall–Kier alpha value is -1.59. The lowest BCUT2D eigenvalue weighted by atomic mass is 9.92. The van der Waals surface area contributed by atoms with Crippen LogP contribution in [-0.2, 0) is 20.6 Å². The molecule has 1 aliphatic heterocycles. The lowest BCUT2D eigenvalue weighted by molar-refractivity contribution is -0.149. The molecule has 2 rings (SSSR count). The Bertz CT molecular complexity index is 592. The van der Waals surface area contributed by atoms with Gasteiger partial charge in [-0.25, -0.2) is 4.79 Å². The molecule has 0 saturated carbocycles. The molecule has 5 nitrogen and oxygen atoms in total. The van der Waals surface area contributed by atoms with Crippen LogP contribution in [0.15, 0.2) is 30.3 Å². The second-order valence-electron chi connectivity index (χ2n) is 8.74. The zero-order valence-electron chi connectivity index (χ0n) is 17.0.